The molecule has 0 unspecified atom stereocenters. The van der Waals surface area contributed by atoms with Crippen LogP contribution in [-0.4, -0.2) is 41.0 Å². The van der Waals surface area contributed by atoms with Crippen LogP contribution in [0.2, 0.25) is 0 Å². The molecule has 0 saturated heterocycles. The lowest BCUT2D eigenvalue weighted by molar-refractivity contribution is -0.168. The van der Waals surface area contributed by atoms with E-state index in [1.807, 2.05) is 6.07 Å². The van der Waals surface area contributed by atoms with Gasteiger partial charge < -0.3 is 19.7 Å². The fraction of sp³-hybridized carbons (Fsp3) is 0.630. The number of benzene rings is 1. The van der Waals surface area contributed by atoms with E-state index in [2.05, 4.69) is 12.8 Å². The number of aliphatic hydroxyl groups is 1. The maximum absolute atomic E-state index is 13.1. The summed E-state index contributed by atoms with van der Waals surface area (Å²) in [5, 5.41) is 21.5. The summed E-state index contributed by atoms with van der Waals surface area (Å²) in [7, 11) is 0. The molecule has 0 aliphatic heterocycles. The highest BCUT2D eigenvalue weighted by Crippen LogP contribution is 2.66. The Hall–Kier alpha value is -2.52. The number of terminal acetylenes is 1. The molecule has 0 radical (unpaired) electrons. The van der Waals surface area contributed by atoms with E-state index in [1.165, 1.54) is 0 Å². The first-order valence-corrected chi connectivity index (χ1v) is 12.1. The maximum atomic E-state index is 13.1. The fourth-order valence-electron chi connectivity index (χ4n) is 7.18. The number of hydrogen-bond donors (Lipinski definition) is 2. The summed E-state index contributed by atoms with van der Waals surface area (Å²) in [4.78, 5) is 26.2. The summed E-state index contributed by atoms with van der Waals surface area (Å²) >= 11 is 0. The van der Waals surface area contributed by atoms with Gasteiger partial charge in [0, 0.05) is 5.41 Å². The van der Waals surface area contributed by atoms with Crippen molar-refractivity contribution in [2.45, 2.75) is 64.4 Å². The van der Waals surface area contributed by atoms with Crippen LogP contribution in [0.25, 0.3) is 0 Å². The topological polar surface area (TPSA) is 93.1 Å². The Kier molecular flexibility index (Phi) is 6.22. The third-order valence-electron chi connectivity index (χ3n) is 8.71. The second-order valence-electron chi connectivity index (χ2n) is 10.0. The highest BCUT2D eigenvalue weighted by Gasteiger charge is 2.64. The highest BCUT2D eigenvalue weighted by atomic mass is 16.6. The summed E-state index contributed by atoms with van der Waals surface area (Å²) < 4.78 is 10.7. The van der Waals surface area contributed by atoms with Crippen molar-refractivity contribution in [2.24, 2.45) is 29.1 Å². The van der Waals surface area contributed by atoms with Gasteiger partial charge >= 0.3 is 11.9 Å². The molecule has 2 fully saturated rings. The van der Waals surface area contributed by atoms with Gasteiger partial charge in [0.25, 0.3) is 0 Å². The number of hydrogen-bond acceptors (Lipinski definition) is 6. The van der Waals surface area contributed by atoms with E-state index in [0.29, 0.717) is 12.8 Å². The van der Waals surface area contributed by atoms with Crippen LogP contribution in [0, 0.1) is 41.4 Å². The van der Waals surface area contributed by atoms with Crippen molar-refractivity contribution in [1.82, 2.24) is 0 Å². The number of carbonyl (C=O) groups excluding carboxylic acids is 2. The molecule has 6 nitrogen and oxygen atoms in total. The molecular formula is C27H34O6. The molecule has 3 aliphatic carbocycles. The Balaban J connectivity index is 1.85. The van der Waals surface area contributed by atoms with Gasteiger partial charge in [-0.2, -0.15) is 0 Å². The van der Waals surface area contributed by atoms with Crippen LogP contribution >= 0.6 is 0 Å². The molecule has 3 aliphatic rings. The summed E-state index contributed by atoms with van der Waals surface area (Å²) in [5.74, 6) is 0.383. The van der Waals surface area contributed by atoms with Crippen LogP contribution in [-0.2, 0) is 25.5 Å². The summed E-state index contributed by atoms with van der Waals surface area (Å²) in [5.41, 5.74) is 0.405. The molecule has 1 aromatic rings. The lowest BCUT2D eigenvalue weighted by atomic mass is 9.49. The van der Waals surface area contributed by atoms with Crippen molar-refractivity contribution in [3.05, 3.63) is 29.3 Å². The second kappa shape index (κ2) is 8.68. The van der Waals surface area contributed by atoms with E-state index < -0.39 is 28.9 Å². The molecule has 2 saturated carbocycles. The number of ether oxygens (including phenoxy) is 2. The SMILES string of the molecule is C#C[C@]1(O)CC[C@H]2[C@H]3[C@H](CC[C@@]21C)c1ccc(O)cc1C[C@H]3C(C(=O)OCC)C(=O)OCC. The van der Waals surface area contributed by atoms with E-state index in [1.54, 1.807) is 26.0 Å². The third-order valence-corrected chi connectivity index (χ3v) is 8.71. The minimum absolute atomic E-state index is 0.0398. The van der Waals surface area contributed by atoms with Crippen molar-refractivity contribution in [1.29, 1.82) is 0 Å². The first-order chi connectivity index (χ1) is 15.7. The minimum Gasteiger partial charge on any atom is -0.508 e. The average molecular weight is 455 g/mol. The standard InChI is InChI=1S/C27H34O6/c1-5-27(31)13-11-21-22-19(10-12-26(21,27)4)18-9-8-17(28)14-16(18)15-20(22)23(24(29)32-6-2)25(30)33-7-3/h1,8-9,14,19-23,28,31H,6-7,10-13,15H2,2-4H3/t19-,20-,21+,22+,26+,27+/m1/s1. The monoisotopic (exact) mass is 454 g/mol. The molecule has 1 aromatic carbocycles. The predicted octanol–water partition coefficient (Wildman–Crippen LogP) is 3.58. The van der Waals surface area contributed by atoms with Crippen LogP contribution in [0.3, 0.4) is 0 Å². The molecule has 33 heavy (non-hydrogen) atoms. The number of phenols is 1. The number of esters is 2. The molecule has 2 N–H and O–H groups in total. The summed E-state index contributed by atoms with van der Waals surface area (Å²) in [6.45, 7) is 5.85. The number of aromatic hydroxyl groups is 1. The van der Waals surface area contributed by atoms with Crippen molar-refractivity contribution in [3.8, 4) is 18.1 Å². The highest BCUT2D eigenvalue weighted by molar-refractivity contribution is 5.95. The van der Waals surface area contributed by atoms with Crippen LogP contribution < -0.4 is 0 Å². The zero-order valence-electron chi connectivity index (χ0n) is 19.7. The molecule has 0 bridgehead atoms. The molecule has 178 valence electrons. The smallest absolute Gasteiger partial charge is 0.320 e. The van der Waals surface area contributed by atoms with E-state index in [0.717, 1.165) is 30.4 Å². The molecule has 6 heteroatoms. The van der Waals surface area contributed by atoms with Crippen LogP contribution in [0.15, 0.2) is 18.2 Å². The zero-order chi connectivity index (χ0) is 24.0. The summed E-state index contributed by atoms with van der Waals surface area (Å²) in [6.07, 6.45) is 9.06. The van der Waals surface area contributed by atoms with Gasteiger partial charge in [-0.15, -0.1) is 6.42 Å². The largest absolute Gasteiger partial charge is 0.508 e. The number of fused-ring (bicyclic) bond motifs is 5. The molecular weight excluding hydrogens is 420 g/mol. The van der Waals surface area contributed by atoms with E-state index in [9.17, 15) is 19.8 Å². The van der Waals surface area contributed by atoms with Gasteiger partial charge in [-0.1, -0.05) is 18.9 Å². The van der Waals surface area contributed by atoms with Crippen molar-refractivity contribution >= 4 is 11.9 Å². The van der Waals surface area contributed by atoms with Crippen molar-refractivity contribution in [2.75, 3.05) is 13.2 Å². The Morgan fingerprint density at radius 1 is 1.18 bits per heavy atom. The molecule has 0 aromatic heterocycles. The Labute approximate surface area is 195 Å². The average Bonchev–Trinajstić information content (AvgIpc) is 3.05. The molecule has 4 rings (SSSR count). The van der Waals surface area contributed by atoms with Crippen molar-refractivity contribution < 1.29 is 29.3 Å². The quantitative estimate of drug-likeness (QED) is 0.401. The van der Waals surface area contributed by atoms with Gasteiger partial charge in [-0.05, 0) is 92.9 Å². The number of phenolic OH excluding ortho intramolecular Hbond substituents is 1. The van der Waals surface area contributed by atoms with Crippen LogP contribution in [0.4, 0.5) is 0 Å². The molecule has 0 amide bonds. The normalized spacial score (nSPS) is 34.5. The van der Waals surface area contributed by atoms with Gasteiger partial charge in [0.1, 0.15) is 11.4 Å². The molecule has 6 atom stereocenters. The number of rotatable bonds is 5. The van der Waals surface area contributed by atoms with Gasteiger partial charge in [-0.25, -0.2) is 0 Å². The fourth-order valence-corrected chi connectivity index (χ4v) is 7.18. The first-order valence-electron chi connectivity index (χ1n) is 12.1. The Morgan fingerprint density at radius 2 is 1.85 bits per heavy atom. The maximum Gasteiger partial charge on any atom is 0.320 e. The third kappa shape index (κ3) is 3.61. The van der Waals surface area contributed by atoms with Crippen LogP contribution in [0.1, 0.15) is 63.5 Å². The Bertz CT molecular complexity index is 961. The first kappa shape index (κ1) is 23.6. The van der Waals surface area contributed by atoms with Gasteiger partial charge in [0.15, 0.2) is 5.92 Å². The van der Waals surface area contributed by atoms with Gasteiger partial charge in [0.05, 0.1) is 13.2 Å². The lowest BCUT2D eigenvalue weighted by Gasteiger charge is -2.55. The molecule has 0 spiro atoms. The molecule has 0 heterocycles. The zero-order valence-corrected chi connectivity index (χ0v) is 19.7. The number of carbonyl (C=O) groups is 2. The van der Waals surface area contributed by atoms with E-state index >= 15 is 0 Å². The van der Waals surface area contributed by atoms with E-state index in [4.69, 9.17) is 15.9 Å². The van der Waals surface area contributed by atoms with Gasteiger partial charge in [0.2, 0.25) is 0 Å². The predicted molar refractivity (Wildman–Crippen MR) is 122 cm³/mol. The Morgan fingerprint density at radius 3 is 2.45 bits per heavy atom. The lowest BCUT2D eigenvalue weighted by Crippen LogP contribution is -2.54. The second-order valence-corrected chi connectivity index (χ2v) is 10.0. The minimum atomic E-state index is -1.20. The van der Waals surface area contributed by atoms with Gasteiger partial charge in [-0.3, -0.25) is 9.59 Å². The summed E-state index contributed by atoms with van der Waals surface area (Å²) in [6, 6.07) is 5.41. The van der Waals surface area contributed by atoms with E-state index in [-0.39, 0.29) is 42.6 Å². The van der Waals surface area contributed by atoms with Crippen molar-refractivity contribution in [3.63, 3.8) is 0 Å². The van der Waals surface area contributed by atoms with Crippen LogP contribution in [0.5, 0.6) is 5.75 Å².